The van der Waals surface area contributed by atoms with Crippen LogP contribution >= 0.6 is 0 Å². The van der Waals surface area contributed by atoms with Crippen molar-refractivity contribution < 1.29 is 10.3 Å². The lowest BCUT2D eigenvalue weighted by molar-refractivity contribution is -0.00846. The van der Waals surface area contributed by atoms with Gasteiger partial charge in [-0.1, -0.05) is 18.5 Å². The average Bonchev–Trinajstić information content (AvgIpc) is 2.43. The number of nitrogens with two attached hydrogens (primary N) is 1. The van der Waals surface area contributed by atoms with Crippen molar-refractivity contribution in [3.8, 4) is 0 Å². The molecule has 0 radical (unpaired) electrons. The second kappa shape index (κ2) is 8.38. The van der Waals surface area contributed by atoms with Crippen LogP contribution in [0.3, 0.4) is 0 Å². The van der Waals surface area contributed by atoms with Crippen molar-refractivity contribution in [1.29, 1.82) is 0 Å². The van der Waals surface area contributed by atoms with E-state index in [0.717, 1.165) is 51.0 Å². The van der Waals surface area contributed by atoms with Crippen molar-refractivity contribution in [3.05, 3.63) is 0 Å². The van der Waals surface area contributed by atoms with Crippen LogP contribution in [0.4, 0.5) is 0 Å². The molecule has 0 aromatic carbocycles. The topological polar surface area (TPSA) is 90.9 Å². The maximum atomic E-state index is 10.4. The van der Waals surface area contributed by atoms with Crippen LogP contribution < -0.4 is 11.1 Å². The number of amidine groups is 1. The van der Waals surface area contributed by atoms with Gasteiger partial charge in [0.25, 0.3) is 0 Å². The molecule has 19 heavy (non-hydrogen) atoms. The van der Waals surface area contributed by atoms with Crippen LogP contribution in [0.1, 0.15) is 58.3 Å². The third kappa shape index (κ3) is 6.25. The van der Waals surface area contributed by atoms with Crippen LogP contribution in [0.25, 0.3) is 0 Å². The molecule has 112 valence electrons. The van der Waals surface area contributed by atoms with Crippen molar-refractivity contribution >= 4 is 5.84 Å². The molecule has 5 nitrogen and oxygen atoms in total. The van der Waals surface area contributed by atoms with E-state index < -0.39 is 5.60 Å². The van der Waals surface area contributed by atoms with Gasteiger partial charge in [0.1, 0.15) is 5.84 Å². The van der Waals surface area contributed by atoms with Crippen LogP contribution in [0.5, 0.6) is 0 Å². The summed E-state index contributed by atoms with van der Waals surface area (Å²) in [5, 5.41) is 25.1. The Kier molecular flexibility index (Phi) is 7.16. The summed E-state index contributed by atoms with van der Waals surface area (Å²) in [6, 6.07) is 0. The molecule has 5 N–H and O–H groups in total. The molecule has 0 aromatic rings. The molecular weight excluding hydrogens is 242 g/mol. The molecule has 1 saturated carbocycles. The molecule has 0 saturated heterocycles. The molecule has 0 unspecified atom stereocenters. The molecular formula is C14H29N3O2. The minimum absolute atomic E-state index is 0.288. The smallest absolute Gasteiger partial charge is 0.139 e. The van der Waals surface area contributed by atoms with Gasteiger partial charge >= 0.3 is 0 Å². The van der Waals surface area contributed by atoms with Gasteiger partial charge in [0.2, 0.25) is 0 Å². The average molecular weight is 271 g/mol. The highest BCUT2D eigenvalue weighted by Gasteiger charge is 2.31. The van der Waals surface area contributed by atoms with Gasteiger partial charge in [0, 0.05) is 13.0 Å². The first-order valence-electron chi connectivity index (χ1n) is 7.49. The highest BCUT2D eigenvalue weighted by molar-refractivity contribution is 5.79. The summed E-state index contributed by atoms with van der Waals surface area (Å²) in [6.45, 7) is 3.79. The first-order chi connectivity index (χ1) is 9.09. The molecule has 0 amide bonds. The first kappa shape index (κ1) is 16.2. The van der Waals surface area contributed by atoms with Gasteiger partial charge in [0.05, 0.1) is 5.60 Å². The summed E-state index contributed by atoms with van der Waals surface area (Å²) in [7, 11) is 0. The fraction of sp³-hybridized carbons (Fsp3) is 0.929. The number of unbranched alkanes of at least 4 members (excludes halogenated alkanes) is 1. The second-order valence-electron chi connectivity index (χ2n) is 5.80. The van der Waals surface area contributed by atoms with E-state index in [1.807, 2.05) is 0 Å². The zero-order chi connectivity index (χ0) is 14.1. The Morgan fingerprint density at radius 1 is 1.37 bits per heavy atom. The lowest BCUT2D eigenvalue weighted by Crippen LogP contribution is -2.43. The third-order valence-corrected chi connectivity index (χ3v) is 4.23. The highest BCUT2D eigenvalue weighted by Crippen LogP contribution is 2.33. The number of aliphatic hydroxyl groups is 1. The number of rotatable bonds is 8. The van der Waals surface area contributed by atoms with Crippen LogP contribution in [-0.2, 0) is 0 Å². The molecule has 1 aliphatic rings. The lowest BCUT2D eigenvalue weighted by atomic mass is 9.78. The fourth-order valence-corrected chi connectivity index (χ4v) is 2.73. The Morgan fingerprint density at radius 2 is 2.05 bits per heavy atom. The fourth-order valence-electron chi connectivity index (χ4n) is 2.73. The van der Waals surface area contributed by atoms with Gasteiger partial charge < -0.3 is 21.4 Å². The van der Waals surface area contributed by atoms with E-state index in [1.54, 1.807) is 0 Å². The molecule has 0 bridgehead atoms. The van der Waals surface area contributed by atoms with Crippen molar-refractivity contribution in [1.82, 2.24) is 5.32 Å². The minimum Gasteiger partial charge on any atom is -0.409 e. The predicted octanol–water partition coefficient (Wildman–Crippen LogP) is 1.82. The SMILES string of the molecule is CCC1CCC(O)(CNCCCCC(N)=NO)CC1. The van der Waals surface area contributed by atoms with Gasteiger partial charge in [-0.25, -0.2) is 0 Å². The first-order valence-corrected chi connectivity index (χ1v) is 7.49. The second-order valence-corrected chi connectivity index (χ2v) is 5.80. The van der Waals surface area contributed by atoms with E-state index in [0.29, 0.717) is 13.0 Å². The number of hydrogen-bond acceptors (Lipinski definition) is 4. The van der Waals surface area contributed by atoms with E-state index in [4.69, 9.17) is 10.9 Å². The van der Waals surface area contributed by atoms with Crippen LogP contribution in [0.2, 0.25) is 0 Å². The van der Waals surface area contributed by atoms with E-state index in [-0.39, 0.29) is 5.84 Å². The third-order valence-electron chi connectivity index (χ3n) is 4.23. The Labute approximate surface area is 116 Å². The Bertz CT molecular complexity index is 274. The minimum atomic E-state index is -0.503. The molecule has 0 atom stereocenters. The van der Waals surface area contributed by atoms with Crippen molar-refractivity contribution in [2.24, 2.45) is 16.8 Å². The quantitative estimate of drug-likeness (QED) is 0.178. The monoisotopic (exact) mass is 271 g/mol. The van der Waals surface area contributed by atoms with E-state index in [2.05, 4.69) is 17.4 Å². The Morgan fingerprint density at radius 3 is 2.63 bits per heavy atom. The standard InChI is InChI=1S/C14H29N3O2/c1-2-12-6-8-14(18,9-7-12)11-16-10-4-3-5-13(15)17-19/h12,16,18-19H,2-11H2,1H3,(H2,15,17). The van der Waals surface area contributed by atoms with Crippen molar-refractivity contribution in [2.75, 3.05) is 13.1 Å². The van der Waals surface area contributed by atoms with Crippen molar-refractivity contribution in [3.63, 3.8) is 0 Å². The molecule has 1 aliphatic carbocycles. The summed E-state index contributed by atoms with van der Waals surface area (Å²) in [4.78, 5) is 0. The Hall–Kier alpha value is -0.810. The summed E-state index contributed by atoms with van der Waals surface area (Å²) in [5.74, 6) is 1.09. The lowest BCUT2D eigenvalue weighted by Gasteiger charge is -2.36. The maximum absolute atomic E-state index is 10.4. The molecule has 0 aliphatic heterocycles. The summed E-state index contributed by atoms with van der Waals surface area (Å²) < 4.78 is 0. The van der Waals surface area contributed by atoms with Crippen LogP contribution in [-0.4, -0.2) is 34.8 Å². The summed E-state index contributed by atoms with van der Waals surface area (Å²) in [5.41, 5.74) is 4.89. The number of nitrogens with zero attached hydrogens (tertiary/aromatic N) is 1. The van der Waals surface area contributed by atoms with E-state index in [9.17, 15) is 5.11 Å². The highest BCUT2D eigenvalue weighted by atomic mass is 16.4. The van der Waals surface area contributed by atoms with E-state index >= 15 is 0 Å². The number of oxime groups is 1. The molecule has 0 spiro atoms. The normalized spacial score (nSPS) is 28.5. The van der Waals surface area contributed by atoms with Gasteiger partial charge in [0.15, 0.2) is 0 Å². The van der Waals surface area contributed by atoms with Gasteiger partial charge in [-0.15, -0.1) is 0 Å². The van der Waals surface area contributed by atoms with Gasteiger partial charge in [-0.2, -0.15) is 0 Å². The van der Waals surface area contributed by atoms with Crippen LogP contribution in [0.15, 0.2) is 5.16 Å². The zero-order valence-electron chi connectivity index (χ0n) is 12.1. The van der Waals surface area contributed by atoms with Gasteiger partial charge in [-0.05, 0) is 51.0 Å². The summed E-state index contributed by atoms with van der Waals surface area (Å²) in [6.07, 6.45) is 7.88. The number of hydrogen-bond donors (Lipinski definition) is 4. The van der Waals surface area contributed by atoms with Crippen LogP contribution in [0, 0.1) is 5.92 Å². The molecule has 1 rings (SSSR count). The molecule has 0 aromatic heterocycles. The van der Waals surface area contributed by atoms with E-state index in [1.165, 1.54) is 6.42 Å². The molecule has 0 heterocycles. The predicted molar refractivity (Wildman–Crippen MR) is 77.3 cm³/mol. The molecule has 5 heteroatoms. The summed E-state index contributed by atoms with van der Waals surface area (Å²) >= 11 is 0. The zero-order valence-corrected chi connectivity index (χ0v) is 12.1. The number of nitrogens with one attached hydrogen (secondary N) is 1. The Balaban J connectivity index is 2.06. The maximum Gasteiger partial charge on any atom is 0.139 e. The van der Waals surface area contributed by atoms with Gasteiger partial charge in [-0.3, -0.25) is 0 Å². The molecule has 1 fully saturated rings. The van der Waals surface area contributed by atoms with Crippen molar-refractivity contribution in [2.45, 2.75) is 63.9 Å². The largest absolute Gasteiger partial charge is 0.409 e.